The van der Waals surface area contributed by atoms with Crippen LogP contribution in [0.25, 0.3) is 0 Å². The number of carbonyl (C=O) groups is 1. The molecule has 0 saturated carbocycles. The van der Waals surface area contributed by atoms with Crippen molar-refractivity contribution >= 4 is 11.6 Å². The highest BCUT2D eigenvalue weighted by molar-refractivity contribution is 5.90. The van der Waals surface area contributed by atoms with Gasteiger partial charge in [-0.1, -0.05) is 19.9 Å². The first kappa shape index (κ1) is 12.6. The summed E-state index contributed by atoms with van der Waals surface area (Å²) in [5.41, 5.74) is 0.785. The average Bonchev–Trinajstić information content (AvgIpc) is 2.29. The van der Waals surface area contributed by atoms with Crippen molar-refractivity contribution in [2.24, 2.45) is 0 Å². The van der Waals surface area contributed by atoms with Gasteiger partial charge in [0, 0.05) is 18.2 Å². The number of rotatable bonds is 5. The maximum atomic E-state index is 11.2. The smallest absolute Gasteiger partial charge is 0.224 e. The van der Waals surface area contributed by atoms with Crippen LogP contribution >= 0.6 is 0 Å². The molecule has 0 saturated heterocycles. The fourth-order valence-corrected chi connectivity index (χ4v) is 1.21. The predicted molar refractivity (Wildman–Crippen MR) is 65.7 cm³/mol. The number of hydrogen-bond donors (Lipinski definition) is 1. The first-order chi connectivity index (χ1) is 7.65. The van der Waals surface area contributed by atoms with E-state index in [0.29, 0.717) is 6.42 Å². The van der Waals surface area contributed by atoms with Crippen LogP contribution in [0.4, 0.5) is 5.69 Å². The molecule has 0 aliphatic heterocycles. The van der Waals surface area contributed by atoms with Crippen LogP contribution in [0.5, 0.6) is 5.75 Å². The van der Waals surface area contributed by atoms with Crippen LogP contribution in [0.1, 0.15) is 33.6 Å². The van der Waals surface area contributed by atoms with Gasteiger partial charge in [0.2, 0.25) is 5.91 Å². The first-order valence-electron chi connectivity index (χ1n) is 5.72. The van der Waals surface area contributed by atoms with Crippen molar-refractivity contribution in [1.29, 1.82) is 0 Å². The predicted octanol–water partition coefficient (Wildman–Crippen LogP) is 3.21. The molecule has 0 aromatic heterocycles. The summed E-state index contributed by atoms with van der Waals surface area (Å²) >= 11 is 0. The maximum Gasteiger partial charge on any atom is 0.224 e. The highest BCUT2D eigenvalue weighted by atomic mass is 16.5. The van der Waals surface area contributed by atoms with E-state index in [-0.39, 0.29) is 12.0 Å². The van der Waals surface area contributed by atoms with E-state index in [2.05, 4.69) is 12.2 Å². The van der Waals surface area contributed by atoms with Crippen LogP contribution in [-0.2, 0) is 4.79 Å². The quantitative estimate of drug-likeness (QED) is 0.829. The molecule has 0 aliphatic carbocycles. The number of benzene rings is 1. The molecule has 1 rings (SSSR count). The van der Waals surface area contributed by atoms with E-state index in [0.717, 1.165) is 17.9 Å². The Balaban J connectivity index is 2.67. The molecule has 0 radical (unpaired) electrons. The highest BCUT2D eigenvalue weighted by Gasteiger charge is 2.03. The Hall–Kier alpha value is -1.51. The van der Waals surface area contributed by atoms with Crippen LogP contribution in [0.15, 0.2) is 24.3 Å². The summed E-state index contributed by atoms with van der Waals surface area (Å²) in [5, 5.41) is 2.80. The summed E-state index contributed by atoms with van der Waals surface area (Å²) in [5.74, 6) is 0.809. The molecule has 3 heteroatoms. The van der Waals surface area contributed by atoms with Crippen molar-refractivity contribution in [3.63, 3.8) is 0 Å². The van der Waals surface area contributed by atoms with Gasteiger partial charge in [0.05, 0.1) is 6.10 Å². The second kappa shape index (κ2) is 6.16. The fourth-order valence-electron chi connectivity index (χ4n) is 1.21. The molecule has 3 nitrogen and oxygen atoms in total. The topological polar surface area (TPSA) is 38.3 Å². The van der Waals surface area contributed by atoms with Crippen LogP contribution in [0.3, 0.4) is 0 Å². The number of hydrogen-bond acceptors (Lipinski definition) is 2. The molecule has 1 aromatic carbocycles. The lowest BCUT2D eigenvalue weighted by atomic mass is 10.2. The molecule has 0 aliphatic rings. The van der Waals surface area contributed by atoms with Gasteiger partial charge in [-0.2, -0.15) is 0 Å². The van der Waals surface area contributed by atoms with Crippen molar-refractivity contribution < 1.29 is 9.53 Å². The summed E-state index contributed by atoms with van der Waals surface area (Å²) in [7, 11) is 0. The van der Waals surface area contributed by atoms with Gasteiger partial charge < -0.3 is 10.1 Å². The minimum Gasteiger partial charge on any atom is -0.491 e. The Morgan fingerprint density at radius 2 is 2.19 bits per heavy atom. The second-order valence-electron chi connectivity index (χ2n) is 3.77. The zero-order valence-corrected chi connectivity index (χ0v) is 10.1. The molecular formula is C13H19NO2. The minimum absolute atomic E-state index is 0.0145. The number of amides is 1. The van der Waals surface area contributed by atoms with E-state index in [1.165, 1.54) is 0 Å². The number of nitrogens with one attached hydrogen (secondary N) is 1. The first-order valence-corrected chi connectivity index (χ1v) is 5.72. The van der Waals surface area contributed by atoms with Crippen molar-refractivity contribution in [3.8, 4) is 5.75 Å². The monoisotopic (exact) mass is 221 g/mol. The van der Waals surface area contributed by atoms with Gasteiger partial charge in [-0.05, 0) is 25.5 Å². The normalized spacial score (nSPS) is 11.9. The largest absolute Gasteiger partial charge is 0.491 e. The Morgan fingerprint density at radius 1 is 1.44 bits per heavy atom. The molecule has 0 spiro atoms. The van der Waals surface area contributed by atoms with Gasteiger partial charge in [0.1, 0.15) is 5.75 Å². The summed E-state index contributed by atoms with van der Waals surface area (Å²) < 4.78 is 5.67. The lowest BCUT2D eigenvalue weighted by Crippen LogP contribution is -2.11. The van der Waals surface area contributed by atoms with Gasteiger partial charge in [-0.15, -0.1) is 0 Å². The number of carbonyl (C=O) groups excluding carboxylic acids is 1. The molecule has 1 amide bonds. The van der Waals surface area contributed by atoms with E-state index in [4.69, 9.17) is 4.74 Å². The van der Waals surface area contributed by atoms with Crippen molar-refractivity contribution in [2.75, 3.05) is 5.32 Å². The molecular weight excluding hydrogens is 202 g/mol. The molecule has 0 fully saturated rings. The highest BCUT2D eigenvalue weighted by Crippen LogP contribution is 2.19. The summed E-state index contributed by atoms with van der Waals surface area (Å²) in [6.45, 7) is 5.93. The molecule has 0 bridgehead atoms. The van der Waals surface area contributed by atoms with Gasteiger partial charge in [-0.3, -0.25) is 4.79 Å². The third-order valence-corrected chi connectivity index (χ3v) is 2.35. The van der Waals surface area contributed by atoms with Crippen LogP contribution in [0.2, 0.25) is 0 Å². The molecule has 16 heavy (non-hydrogen) atoms. The van der Waals surface area contributed by atoms with Crippen molar-refractivity contribution in [2.45, 2.75) is 39.7 Å². The Kier molecular flexibility index (Phi) is 4.83. The van der Waals surface area contributed by atoms with Crippen LogP contribution in [0, 0.1) is 0 Å². The maximum absolute atomic E-state index is 11.2. The molecule has 1 unspecified atom stereocenters. The van der Waals surface area contributed by atoms with E-state index < -0.39 is 0 Å². The Morgan fingerprint density at radius 3 is 2.81 bits per heavy atom. The van der Waals surface area contributed by atoms with Gasteiger partial charge in [0.15, 0.2) is 0 Å². The number of anilines is 1. The zero-order valence-electron chi connectivity index (χ0n) is 10.1. The fraction of sp³-hybridized carbons (Fsp3) is 0.462. The van der Waals surface area contributed by atoms with E-state index >= 15 is 0 Å². The zero-order chi connectivity index (χ0) is 12.0. The minimum atomic E-state index is 0.0145. The van der Waals surface area contributed by atoms with E-state index in [1.807, 2.05) is 38.1 Å². The van der Waals surface area contributed by atoms with Crippen LogP contribution < -0.4 is 10.1 Å². The molecule has 1 aromatic rings. The van der Waals surface area contributed by atoms with Gasteiger partial charge >= 0.3 is 0 Å². The molecule has 0 heterocycles. The van der Waals surface area contributed by atoms with E-state index in [9.17, 15) is 4.79 Å². The second-order valence-corrected chi connectivity index (χ2v) is 3.77. The third-order valence-electron chi connectivity index (χ3n) is 2.35. The Labute approximate surface area is 96.8 Å². The Bertz CT molecular complexity index is 350. The van der Waals surface area contributed by atoms with Crippen molar-refractivity contribution in [3.05, 3.63) is 24.3 Å². The summed E-state index contributed by atoms with van der Waals surface area (Å²) in [4.78, 5) is 11.2. The summed E-state index contributed by atoms with van der Waals surface area (Å²) in [6, 6.07) is 7.48. The number of ether oxygens (including phenoxy) is 1. The lowest BCUT2D eigenvalue weighted by Gasteiger charge is -2.13. The average molecular weight is 221 g/mol. The third kappa shape index (κ3) is 3.93. The van der Waals surface area contributed by atoms with Gasteiger partial charge in [-0.25, -0.2) is 0 Å². The van der Waals surface area contributed by atoms with Gasteiger partial charge in [0.25, 0.3) is 0 Å². The SMILES string of the molecule is CCC(=O)Nc1cccc(OC(C)CC)c1. The molecule has 1 atom stereocenters. The summed E-state index contributed by atoms with van der Waals surface area (Å²) in [6.07, 6.45) is 1.64. The molecule has 88 valence electrons. The lowest BCUT2D eigenvalue weighted by molar-refractivity contribution is -0.115. The molecule has 1 N–H and O–H groups in total. The van der Waals surface area contributed by atoms with E-state index in [1.54, 1.807) is 0 Å². The van der Waals surface area contributed by atoms with Crippen molar-refractivity contribution in [1.82, 2.24) is 0 Å². The van der Waals surface area contributed by atoms with Crippen LogP contribution in [-0.4, -0.2) is 12.0 Å². The standard InChI is InChI=1S/C13H19NO2/c1-4-10(3)16-12-8-6-7-11(9-12)14-13(15)5-2/h6-10H,4-5H2,1-3H3,(H,14,15).